The molecule has 1 aliphatic heterocycles. The summed E-state index contributed by atoms with van der Waals surface area (Å²) in [4.78, 5) is 18.3. The molecule has 116 valence electrons. The molecule has 1 aromatic heterocycles. The second-order valence-corrected chi connectivity index (χ2v) is 6.31. The maximum atomic E-state index is 15.1. The van der Waals surface area contributed by atoms with Gasteiger partial charge in [-0.05, 0) is 32.6 Å². The van der Waals surface area contributed by atoms with Crippen LogP contribution in [0.25, 0.3) is 0 Å². The van der Waals surface area contributed by atoms with E-state index in [1.807, 2.05) is 0 Å². The molecule has 1 saturated heterocycles. The van der Waals surface area contributed by atoms with Crippen LogP contribution < -0.4 is 0 Å². The normalized spacial score (nSPS) is 27.8. The van der Waals surface area contributed by atoms with Crippen LogP contribution in [0.3, 0.4) is 0 Å². The molecule has 5 nitrogen and oxygen atoms in total. The molecule has 0 N–H and O–H groups in total. The first-order valence-electron chi connectivity index (χ1n) is 7.87. The summed E-state index contributed by atoms with van der Waals surface area (Å²) in [7, 11) is 0. The summed E-state index contributed by atoms with van der Waals surface area (Å²) < 4.78 is 20.1. The second kappa shape index (κ2) is 5.73. The Kier molecular flexibility index (Phi) is 3.95. The number of amides is 1. The minimum atomic E-state index is -1.69. The Labute approximate surface area is 123 Å². The van der Waals surface area contributed by atoms with E-state index >= 15 is 4.39 Å². The molecule has 3 rings (SSSR count). The zero-order valence-corrected chi connectivity index (χ0v) is 12.5. The molecular formula is C15H22FN3O2. The van der Waals surface area contributed by atoms with E-state index < -0.39 is 5.67 Å². The molecule has 0 spiro atoms. The number of aromatic nitrogens is 2. The average Bonchev–Trinajstić information content (AvgIpc) is 2.95. The van der Waals surface area contributed by atoms with Gasteiger partial charge in [0.25, 0.3) is 5.89 Å². The first-order chi connectivity index (χ1) is 10.1. The average molecular weight is 295 g/mol. The number of carbonyl (C=O) groups excluding carboxylic acids is 1. The third-order valence-corrected chi connectivity index (χ3v) is 4.62. The van der Waals surface area contributed by atoms with Crippen molar-refractivity contribution in [2.75, 3.05) is 13.1 Å². The van der Waals surface area contributed by atoms with Gasteiger partial charge in [0.05, 0.1) is 6.54 Å². The van der Waals surface area contributed by atoms with Crippen molar-refractivity contribution in [3.8, 4) is 0 Å². The topological polar surface area (TPSA) is 59.2 Å². The molecule has 2 aliphatic rings. The van der Waals surface area contributed by atoms with Crippen molar-refractivity contribution in [3.05, 3.63) is 11.7 Å². The molecule has 0 bridgehead atoms. The smallest absolute Gasteiger partial charge is 0.266 e. The molecule has 1 aliphatic carbocycles. The van der Waals surface area contributed by atoms with Crippen molar-refractivity contribution in [2.45, 2.75) is 57.5 Å². The summed E-state index contributed by atoms with van der Waals surface area (Å²) in [6, 6.07) is 0. The van der Waals surface area contributed by atoms with E-state index in [-0.39, 0.29) is 24.3 Å². The van der Waals surface area contributed by atoms with Gasteiger partial charge in [0.2, 0.25) is 11.6 Å². The predicted molar refractivity (Wildman–Crippen MR) is 74.2 cm³/mol. The van der Waals surface area contributed by atoms with E-state index in [2.05, 4.69) is 10.1 Å². The van der Waals surface area contributed by atoms with Gasteiger partial charge < -0.3 is 9.42 Å². The van der Waals surface area contributed by atoms with E-state index in [0.29, 0.717) is 25.2 Å². The maximum Gasteiger partial charge on any atom is 0.266 e. The molecule has 1 saturated carbocycles. The molecule has 2 fully saturated rings. The molecule has 2 heterocycles. The standard InChI is InChI=1S/C15H22FN3O2/c1-11-17-14(21-18-11)15(16)8-5-9-19(10-15)13(20)12-6-3-2-4-7-12/h12H,2-10H2,1H3. The summed E-state index contributed by atoms with van der Waals surface area (Å²) in [5.74, 6) is 0.622. The quantitative estimate of drug-likeness (QED) is 0.841. The van der Waals surface area contributed by atoms with Crippen molar-refractivity contribution in [1.29, 1.82) is 0 Å². The van der Waals surface area contributed by atoms with E-state index in [9.17, 15) is 4.79 Å². The van der Waals surface area contributed by atoms with E-state index in [0.717, 1.165) is 25.7 Å². The zero-order valence-electron chi connectivity index (χ0n) is 12.5. The van der Waals surface area contributed by atoms with Crippen molar-refractivity contribution in [3.63, 3.8) is 0 Å². The van der Waals surface area contributed by atoms with Crippen LogP contribution in [0.4, 0.5) is 4.39 Å². The third kappa shape index (κ3) is 2.94. The molecule has 1 unspecified atom stereocenters. The van der Waals surface area contributed by atoms with Crippen LogP contribution in [0.1, 0.15) is 56.7 Å². The van der Waals surface area contributed by atoms with Gasteiger partial charge in [-0.15, -0.1) is 0 Å². The van der Waals surface area contributed by atoms with Crippen LogP contribution in [0, 0.1) is 12.8 Å². The molecule has 1 atom stereocenters. The fourth-order valence-corrected chi connectivity index (χ4v) is 3.46. The van der Waals surface area contributed by atoms with Gasteiger partial charge in [-0.2, -0.15) is 4.98 Å². The Hall–Kier alpha value is -1.46. The molecule has 0 aromatic carbocycles. The molecule has 0 radical (unpaired) electrons. The first kappa shape index (κ1) is 14.5. The molecule has 1 aromatic rings. The molecule has 6 heteroatoms. The Bertz CT molecular complexity index is 513. The summed E-state index contributed by atoms with van der Waals surface area (Å²) in [5, 5.41) is 3.67. The highest BCUT2D eigenvalue weighted by Gasteiger charge is 2.44. The summed E-state index contributed by atoms with van der Waals surface area (Å²) in [5.41, 5.74) is -1.69. The van der Waals surface area contributed by atoms with Crippen LogP contribution in [-0.4, -0.2) is 34.0 Å². The first-order valence-corrected chi connectivity index (χ1v) is 7.87. The third-order valence-electron chi connectivity index (χ3n) is 4.62. The number of piperidine rings is 1. The predicted octanol–water partition coefficient (Wildman–Crippen LogP) is 2.75. The highest BCUT2D eigenvalue weighted by molar-refractivity contribution is 5.79. The largest absolute Gasteiger partial charge is 0.339 e. The van der Waals surface area contributed by atoms with Gasteiger partial charge in [-0.25, -0.2) is 4.39 Å². The highest BCUT2D eigenvalue weighted by atomic mass is 19.1. The van der Waals surface area contributed by atoms with Crippen LogP contribution in [-0.2, 0) is 10.5 Å². The molecule has 21 heavy (non-hydrogen) atoms. The Balaban J connectivity index is 1.71. The Morgan fingerprint density at radius 3 is 2.76 bits per heavy atom. The molecular weight excluding hydrogens is 273 g/mol. The summed E-state index contributed by atoms with van der Waals surface area (Å²) in [6.07, 6.45) is 6.27. The lowest BCUT2D eigenvalue weighted by atomic mass is 9.86. The zero-order chi connectivity index (χ0) is 14.9. The summed E-state index contributed by atoms with van der Waals surface area (Å²) in [6.45, 7) is 2.35. The van der Waals surface area contributed by atoms with Crippen molar-refractivity contribution >= 4 is 5.91 Å². The number of carbonyl (C=O) groups is 1. The van der Waals surface area contributed by atoms with Gasteiger partial charge in [-0.1, -0.05) is 24.4 Å². The fraction of sp³-hybridized carbons (Fsp3) is 0.800. The minimum absolute atomic E-state index is 0.0149. The van der Waals surface area contributed by atoms with Gasteiger partial charge in [-0.3, -0.25) is 4.79 Å². The monoisotopic (exact) mass is 295 g/mol. The van der Waals surface area contributed by atoms with Crippen LogP contribution in [0.5, 0.6) is 0 Å². The number of nitrogens with zero attached hydrogens (tertiary/aromatic N) is 3. The summed E-state index contributed by atoms with van der Waals surface area (Å²) >= 11 is 0. The SMILES string of the molecule is Cc1noc(C2(F)CCCN(C(=O)C3CCCCC3)C2)n1. The Morgan fingerprint density at radius 1 is 1.33 bits per heavy atom. The number of alkyl halides is 1. The lowest BCUT2D eigenvalue weighted by Crippen LogP contribution is -2.48. The van der Waals surface area contributed by atoms with Crippen LogP contribution in [0.2, 0.25) is 0 Å². The van der Waals surface area contributed by atoms with Gasteiger partial charge in [0.15, 0.2) is 5.82 Å². The number of halogens is 1. The van der Waals surface area contributed by atoms with E-state index in [1.165, 1.54) is 6.42 Å². The van der Waals surface area contributed by atoms with E-state index in [1.54, 1.807) is 11.8 Å². The second-order valence-electron chi connectivity index (χ2n) is 6.31. The minimum Gasteiger partial charge on any atom is -0.339 e. The van der Waals surface area contributed by atoms with Crippen LogP contribution in [0.15, 0.2) is 4.52 Å². The van der Waals surface area contributed by atoms with Crippen LogP contribution >= 0.6 is 0 Å². The van der Waals surface area contributed by atoms with Crippen molar-refractivity contribution in [2.24, 2.45) is 5.92 Å². The Morgan fingerprint density at radius 2 is 2.10 bits per heavy atom. The molecule has 1 amide bonds. The number of rotatable bonds is 2. The van der Waals surface area contributed by atoms with Crippen molar-refractivity contribution in [1.82, 2.24) is 15.0 Å². The van der Waals surface area contributed by atoms with Gasteiger partial charge in [0, 0.05) is 12.5 Å². The van der Waals surface area contributed by atoms with Gasteiger partial charge >= 0.3 is 0 Å². The fourth-order valence-electron chi connectivity index (χ4n) is 3.46. The highest BCUT2D eigenvalue weighted by Crippen LogP contribution is 2.36. The number of hydrogen-bond acceptors (Lipinski definition) is 4. The van der Waals surface area contributed by atoms with Gasteiger partial charge in [0.1, 0.15) is 0 Å². The number of aryl methyl sites for hydroxylation is 1. The number of likely N-dealkylation sites (tertiary alicyclic amines) is 1. The number of hydrogen-bond donors (Lipinski definition) is 0. The maximum absolute atomic E-state index is 15.1. The van der Waals surface area contributed by atoms with Crippen molar-refractivity contribution < 1.29 is 13.7 Å². The van der Waals surface area contributed by atoms with E-state index in [4.69, 9.17) is 4.52 Å². The lowest BCUT2D eigenvalue weighted by molar-refractivity contribution is -0.141. The lowest BCUT2D eigenvalue weighted by Gasteiger charge is -2.37.